The highest BCUT2D eigenvalue weighted by Gasteiger charge is 2.35. The van der Waals surface area contributed by atoms with Crippen molar-refractivity contribution in [1.82, 2.24) is 15.0 Å². The van der Waals surface area contributed by atoms with Crippen LogP contribution in [0.15, 0.2) is 20.7 Å². The van der Waals surface area contributed by atoms with Gasteiger partial charge in [0.25, 0.3) is 5.22 Å². The van der Waals surface area contributed by atoms with Gasteiger partial charge >= 0.3 is 6.18 Å². The first-order chi connectivity index (χ1) is 9.29. The van der Waals surface area contributed by atoms with E-state index in [1.807, 2.05) is 0 Å². The van der Waals surface area contributed by atoms with Gasteiger partial charge in [0.15, 0.2) is 0 Å². The van der Waals surface area contributed by atoms with Gasteiger partial charge in [-0.3, -0.25) is 0 Å². The fraction of sp³-hybridized carbons (Fsp3) is 0.364. The Morgan fingerprint density at radius 3 is 2.40 bits per heavy atom. The molecular weight excluding hydrogens is 293 g/mol. The van der Waals surface area contributed by atoms with E-state index in [-0.39, 0.29) is 16.1 Å². The molecule has 20 heavy (non-hydrogen) atoms. The van der Waals surface area contributed by atoms with Crippen molar-refractivity contribution < 1.29 is 17.6 Å². The third-order valence-corrected chi connectivity index (χ3v) is 3.18. The zero-order valence-corrected chi connectivity index (χ0v) is 11.7. The molecule has 0 atom stereocenters. The Hall–Kier alpha value is -1.77. The number of hydrogen-bond acceptors (Lipinski definition) is 6. The van der Waals surface area contributed by atoms with Gasteiger partial charge < -0.3 is 9.73 Å². The van der Waals surface area contributed by atoms with Gasteiger partial charge in [-0.2, -0.15) is 13.2 Å². The van der Waals surface area contributed by atoms with Crippen LogP contribution in [0.5, 0.6) is 0 Å². The Morgan fingerprint density at radius 2 is 1.90 bits per heavy atom. The Bertz CT molecular complexity index is 607. The van der Waals surface area contributed by atoms with Gasteiger partial charge in [0.05, 0.1) is 5.69 Å². The number of aryl methyl sites for hydroxylation is 2. The summed E-state index contributed by atoms with van der Waals surface area (Å²) in [5.41, 5.74) is 0.687. The van der Waals surface area contributed by atoms with Crippen LogP contribution in [0.25, 0.3) is 0 Å². The van der Waals surface area contributed by atoms with E-state index in [0.29, 0.717) is 11.5 Å². The Balaban J connectivity index is 2.36. The maximum atomic E-state index is 12.7. The zero-order valence-electron chi connectivity index (χ0n) is 10.9. The fourth-order valence-corrected chi connectivity index (χ4v) is 2.14. The second kappa shape index (κ2) is 5.31. The monoisotopic (exact) mass is 304 g/mol. The molecule has 0 amide bonds. The minimum Gasteiger partial charge on any atom is -0.436 e. The molecule has 9 heteroatoms. The number of aromatic nitrogens is 3. The van der Waals surface area contributed by atoms with Crippen LogP contribution in [-0.2, 0) is 6.18 Å². The number of nitrogens with zero attached hydrogens (tertiary/aromatic N) is 3. The molecule has 0 aliphatic carbocycles. The molecule has 2 rings (SSSR count). The smallest absolute Gasteiger partial charge is 0.436 e. The van der Waals surface area contributed by atoms with Crippen molar-refractivity contribution in [2.75, 3.05) is 12.4 Å². The number of anilines is 1. The normalized spacial score (nSPS) is 11.7. The number of alkyl halides is 3. The molecule has 0 saturated heterocycles. The van der Waals surface area contributed by atoms with Crippen LogP contribution in [0, 0.1) is 13.8 Å². The van der Waals surface area contributed by atoms with Crippen molar-refractivity contribution in [3.05, 3.63) is 23.3 Å². The summed E-state index contributed by atoms with van der Waals surface area (Å²) in [5.74, 6) is -0.506. The van der Waals surface area contributed by atoms with Crippen LogP contribution in [-0.4, -0.2) is 22.0 Å². The summed E-state index contributed by atoms with van der Waals surface area (Å²) in [7, 11) is 1.48. The highest BCUT2D eigenvalue weighted by Crippen LogP contribution is 2.32. The van der Waals surface area contributed by atoms with Gasteiger partial charge in [0, 0.05) is 13.1 Å². The second-order valence-corrected chi connectivity index (χ2v) is 4.86. The predicted molar refractivity (Wildman–Crippen MR) is 66.7 cm³/mol. The van der Waals surface area contributed by atoms with Gasteiger partial charge in [-0.05, 0) is 25.6 Å². The molecule has 2 aromatic rings. The van der Waals surface area contributed by atoms with Crippen molar-refractivity contribution in [2.24, 2.45) is 0 Å². The van der Waals surface area contributed by atoms with E-state index in [1.54, 1.807) is 13.8 Å². The molecule has 0 aliphatic heterocycles. The standard InChI is InChI=1S/C11H11F3N4OS/c1-5-6(2)19-10(16-5)20-8-4-7(15-3)17-9(18-8)11(12,13)14/h4H,1-3H3,(H,15,17,18). The minimum absolute atomic E-state index is 0.0785. The van der Waals surface area contributed by atoms with Gasteiger partial charge in [0.2, 0.25) is 5.82 Å². The van der Waals surface area contributed by atoms with Crippen LogP contribution in [0.4, 0.5) is 19.0 Å². The Morgan fingerprint density at radius 1 is 1.20 bits per heavy atom. The average molecular weight is 304 g/mol. The molecule has 0 aromatic carbocycles. The topological polar surface area (TPSA) is 63.8 Å². The van der Waals surface area contributed by atoms with E-state index in [9.17, 15) is 13.2 Å². The molecule has 2 aromatic heterocycles. The van der Waals surface area contributed by atoms with Crippen LogP contribution < -0.4 is 5.32 Å². The zero-order chi connectivity index (χ0) is 14.9. The van der Waals surface area contributed by atoms with Crippen molar-refractivity contribution in [2.45, 2.75) is 30.3 Å². The average Bonchev–Trinajstić information content (AvgIpc) is 2.66. The molecule has 0 spiro atoms. The number of halogens is 3. The first-order valence-electron chi connectivity index (χ1n) is 5.55. The lowest BCUT2D eigenvalue weighted by Gasteiger charge is -2.08. The molecule has 0 bridgehead atoms. The Kier molecular flexibility index (Phi) is 3.89. The molecule has 0 aliphatic rings. The number of nitrogens with one attached hydrogen (secondary N) is 1. The quantitative estimate of drug-likeness (QED) is 0.878. The van der Waals surface area contributed by atoms with Crippen LogP contribution in [0.3, 0.4) is 0 Å². The van der Waals surface area contributed by atoms with E-state index in [0.717, 1.165) is 11.8 Å². The van der Waals surface area contributed by atoms with Gasteiger partial charge in [0.1, 0.15) is 16.6 Å². The van der Waals surface area contributed by atoms with Gasteiger partial charge in [-0.15, -0.1) is 0 Å². The van der Waals surface area contributed by atoms with Crippen LogP contribution in [0.1, 0.15) is 17.3 Å². The van der Waals surface area contributed by atoms with E-state index >= 15 is 0 Å². The minimum atomic E-state index is -4.61. The van der Waals surface area contributed by atoms with Crippen molar-refractivity contribution >= 4 is 17.6 Å². The van der Waals surface area contributed by atoms with Crippen molar-refractivity contribution in [3.63, 3.8) is 0 Å². The molecule has 2 heterocycles. The van der Waals surface area contributed by atoms with E-state index in [4.69, 9.17) is 4.42 Å². The number of hydrogen-bond donors (Lipinski definition) is 1. The largest absolute Gasteiger partial charge is 0.451 e. The molecule has 108 valence electrons. The summed E-state index contributed by atoms with van der Waals surface area (Å²) >= 11 is 0.914. The molecule has 5 nitrogen and oxygen atoms in total. The molecule has 0 saturated carbocycles. The fourth-order valence-electron chi connectivity index (χ4n) is 1.31. The molecule has 0 fully saturated rings. The third kappa shape index (κ3) is 3.21. The molecule has 1 N–H and O–H groups in total. The molecule has 0 unspecified atom stereocenters. The maximum absolute atomic E-state index is 12.7. The van der Waals surface area contributed by atoms with Crippen molar-refractivity contribution in [1.29, 1.82) is 0 Å². The Labute approximate surface area is 117 Å². The summed E-state index contributed by atoms with van der Waals surface area (Å²) in [5, 5.41) is 2.92. The third-order valence-electron chi connectivity index (χ3n) is 2.41. The summed E-state index contributed by atoms with van der Waals surface area (Å²) in [4.78, 5) is 10.9. The maximum Gasteiger partial charge on any atom is 0.451 e. The first-order valence-corrected chi connectivity index (χ1v) is 6.37. The van der Waals surface area contributed by atoms with E-state index in [2.05, 4.69) is 20.3 Å². The summed E-state index contributed by atoms with van der Waals surface area (Å²) in [6.45, 7) is 3.48. The highest BCUT2D eigenvalue weighted by atomic mass is 32.2. The lowest BCUT2D eigenvalue weighted by atomic mass is 10.4. The summed E-state index contributed by atoms with van der Waals surface area (Å²) in [6, 6.07) is 1.40. The highest BCUT2D eigenvalue weighted by molar-refractivity contribution is 7.99. The van der Waals surface area contributed by atoms with Crippen molar-refractivity contribution in [3.8, 4) is 0 Å². The summed E-state index contributed by atoms with van der Waals surface area (Å²) < 4.78 is 43.4. The summed E-state index contributed by atoms with van der Waals surface area (Å²) in [6.07, 6.45) is -4.61. The lowest BCUT2D eigenvalue weighted by molar-refractivity contribution is -0.145. The predicted octanol–water partition coefficient (Wildman–Crippen LogP) is 3.29. The SMILES string of the molecule is CNc1cc(Sc2nc(C)c(C)o2)nc(C(F)(F)F)n1. The number of rotatable bonds is 3. The van der Waals surface area contributed by atoms with E-state index < -0.39 is 12.0 Å². The molecular formula is C11H11F3N4OS. The first kappa shape index (κ1) is 14.6. The second-order valence-electron chi connectivity index (χ2n) is 3.89. The number of oxazole rings is 1. The molecule has 0 radical (unpaired) electrons. The van der Waals surface area contributed by atoms with Crippen LogP contribution in [0.2, 0.25) is 0 Å². The lowest BCUT2D eigenvalue weighted by Crippen LogP contribution is -2.12. The van der Waals surface area contributed by atoms with E-state index in [1.165, 1.54) is 13.1 Å². The van der Waals surface area contributed by atoms with Crippen LogP contribution >= 0.6 is 11.8 Å². The van der Waals surface area contributed by atoms with Gasteiger partial charge in [-0.1, -0.05) is 0 Å². The van der Waals surface area contributed by atoms with Gasteiger partial charge in [-0.25, -0.2) is 15.0 Å².